The molecule has 0 unspecified atom stereocenters. The van der Waals surface area contributed by atoms with Gasteiger partial charge in [-0.2, -0.15) is 0 Å². The van der Waals surface area contributed by atoms with Crippen LogP contribution in [0.1, 0.15) is 35.2 Å². The fraction of sp³-hybridized carbons (Fsp3) is 0.261. The average Bonchev–Trinajstić information content (AvgIpc) is 3.03. The summed E-state index contributed by atoms with van der Waals surface area (Å²) in [4.78, 5) is 32.7. The number of hydrogen-bond donors (Lipinski definition) is 1. The molecule has 6 nitrogen and oxygen atoms in total. The lowest BCUT2D eigenvalue weighted by atomic mass is 10.1. The lowest BCUT2D eigenvalue weighted by Gasteiger charge is -2.28. The van der Waals surface area contributed by atoms with Crippen molar-refractivity contribution < 1.29 is 14.7 Å². The van der Waals surface area contributed by atoms with Crippen LogP contribution in [0.5, 0.6) is 0 Å². The van der Waals surface area contributed by atoms with E-state index in [9.17, 15) is 9.59 Å². The normalized spacial score (nSPS) is 19.7. The van der Waals surface area contributed by atoms with Crippen molar-refractivity contribution in [3.05, 3.63) is 64.6 Å². The van der Waals surface area contributed by atoms with E-state index in [1.54, 1.807) is 19.2 Å². The molecule has 0 atom stereocenters. The zero-order valence-electron chi connectivity index (χ0n) is 16.7. The van der Waals surface area contributed by atoms with Crippen LogP contribution in [-0.4, -0.2) is 47.2 Å². The quantitative estimate of drug-likeness (QED) is 0.730. The first-order valence-corrected chi connectivity index (χ1v) is 10.8. The zero-order valence-corrected chi connectivity index (χ0v) is 17.6. The summed E-state index contributed by atoms with van der Waals surface area (Å²) >= 11 is 1.32. The Morgan fingerprint density at radius 3 is 2.33 bits per heavy atom. The summed E-state index contributed by atoms with van der Waals surface area (Å²) in [5, 5.41) is 9.57. The van der Waals surface area contributed by atoms with Crippen LogP contribution in [-0.2, 0) is 4.79 Å². The largest absolute Gasteiger partial charge is 0.478 e. The van der Waals surface area contributed by atoms with Crippen LogP contribution < -0.4 is 4.90 Å². The van der Waals surface area contributed by atoms with E-state index in [0.29, 0.717) is 15.8 Å². The highest BCUT2D eigenvalue weighted by atomic mass is 32.2. The average molecular weight is 422 g/mol. The smallest absolute Gasteiger partial charge is 0.335 e. The molecule has 1 amide bonds. The van der Waals surface area contributed by atoms with Crippen molar-refractivity contribution in [3.63, 3.8) is 0 Å². The summed E-state index contributed by atoms with van der Waals surface area (Å²) in [5.74, 6) is -1.07. The number of carbonyl (C=O) groups is 2. The van der Waals surface area contributed by atoms with E-state index in [1.807, 2.05) is 18.2 Å². The molecule has 0 spiro atoms. The number of benzene rings is 2. The summed E-state index contributed by atoms with van der Waals surface area (Å²) in [6.07, 6.45) is 5.68. The molecule has 2 aromatic carbocycles. The maximum absolute atomic E-state index is 12.6. The zero-order chi connectivity index (χ0) is 21.1. The highest BCUT2D eigenvalue weighted by Crippen LogP contribution is 2.33. The molecule has 4 rings (SSSR count). The van der Waals surface area contributed by atoms with Crippen LogP contribution >= 0.6 is 11.8 Å². The monoisotopic (exact) mass is 421 g/mol. The van der Waals surface area contributed by atoms with E-state index in [2.05, 4.69) is 22.0 Å². The highest BCUT2D eigenvalue weighted by molar-refractivity contribution is 8.18. The Hall–Kier alpha value is -3.06. The third-order valence-electron chi connectivity index (χ3n) is 5.25. The number of aromatic carboxylic acids is 1. The van der Waals surface area contributed by atoms with Crippen molar-refractivity contribution in [2.75, 3.05) is 25.0 Å². The number of anilines is 1. The van der Waals surface area contributed by atoms with E-state index in [0.717, 1.165) is 18.7 Å². The first-order chi connectivity index (χ1) is 14.5. The van der Waals surface area contributed by atoms with Gasteiger partial charge in [-0.1, -0.05) is 12.1 Å². The van der Waals surface area contributed by atoms with Gasteiger partial charge in [-0.15, -0.1) is 0 Å². The number of carboxylic acids is 1. The molecule has 0 saturated carbocycles. The van der Waals surface area contributed by atoms with Gasteiger partial charge < -0.3 is 10.0 Å². The van der Waals surface area contributed by atoms with E-state index in [4.69, 9.17) is 5.11 Å². The fourth-order valence-electron chi connectivity index (χ4n) is 3.53. The number of piperidine rings is 1. The Bertz CT molecular complexity index is 1010. The number of carboxylic acid groups (broad SMARTS) is 1. The molecule has 0 aromatic heterocycles. The second-order valence-electron chi connectivity index (χ2n) is 7.36. The molecule has 2 aliphatic heterocycles. The summed E-state index contributed by atoms with van der Waals surface area (Å²) < 4.78 is 0. The van der Waals surface area contributed by atoms with Gasteiger partial charge in [-0.05, 0) is 79.1 Å². The van der Waals surface area contributed by atoms with Gasteiger partial charge in [0.05, 0.1) is 16.2 Å². The molecule has 2 heterocycles. The molecule has 0 aliphatic carbocycles. The topological polar surface area (TPSA) is 73.2 Å². The Morgan fingerprint density at radius 2 is 1.70 bits per heavy atom. The Balaban J connectivity index is 1.50. The molecular formula is C23H23N3O3S. The minimum Gasteiger partial charge on any atom is -0.478 e. The molecule has 30 heavy (non-hydrogen) atoms. The lowest BCUT2D eigenvalue weighted by molar-refractivity contribution is -0.121. The molecule has 0 bridgehead atoms. The Kier molecular flexibility index (Phi) is 5.90. The molecule has 2 fully saturated rings. The van der Waals surface area contributed by atoms with E-state index in [1.165, 1.54) is 53.7 Å². The van der Waals surface area contributed by atoms with Crippen LogP contribution in [0.15, 0.2) is 58.4 Å². The van der Waals surface area contributed by atoms with Gasteiger partial charge >= 0.3 is 5.97 Å². The lowest BCUT2D eigenvalue weighted by Crippen LogP contribution is -2.29. The number of likely N-dealkylation sites (N-methyl/N-ethyl adjacent to an activating group) is 1. The van der Waals surface area contributed by atoms with E-state index >= 15 is 0 Å². The fourth-order valence-corrected chi connectivity index (χ4v) is 4.51. The minimum absolute atomic E-state index is 0.0963. The van der Waals surface area contributed by atoms with Gasteiger partial charge in [-0.3, -0.25) is 9.69 Å². The second-order valence-corrected chi connectivity index (χ2v) is 8.37. The van der Waals surface area contributed by atoms with Gasteiger partial charge in [-0.25, -0.2) is 9.79 Å². The summed E-state index contributed by atoms with van der Waals surface area (Å²) in [5.41, 5.74) is 3.02. The maximum atomic E-state index is 12.6. The molecule has 7 heteroatoms. The molecule has 0 radical (unpaired) electrons. The number of aliphatic imine (C=N–C) groups is 1. The van der Waals surface area contributed by atoms with Gasteiger partial charge in [0.2, 0.25) is 0 Å². The summed E-state index contributed by atoms with van der Waals surface area (Å²) in [6, 6.07) is 14.6. The van der Waals surface area contributed by atoms with Crippen LogP contribution in [0.3, 0.4) is 0 Å². The predicted molar refractivity (Wildman–Crippen MR) is 121 cm³/mol. The number of amides is 1. The number of nitrogens with zero attached hydrogens (tertiary/aromatic N) is 3. The number of carbonyl (C=O) groups excluding carboxylic acids is 1. The third-order valence-corrected chi connectivity index (χ3v) is 6.31. The predicted octanol–water partition coefficient (Wildman–Crippen LogP) is 4.61. The SMILES string of the molecule is CN1C(=O)/C(=C/c2ccc(N3CCCCC3)cc2)SC1=Nc1ccc(C(=O)O)cc1. The third kappa shape index (κ3) is 4.41. The number of thioether (sulfide) groups is 1. The summed E-state index contributed by atoms with van der Waals surface area (Å²) in [6.45, 7) is 2.21. The molecule has 154 valence electrons. The Labute approximate surface area is 179 Å². The maximum Gasteiger partial charge on any atom is 0.335 e. The minimum atomic E-state index is -0.978. The van der Waals surface area contributed by atoms with Crippen molar-refractivity contribution in [1.29, 1.82) is 0 Å². The molecule has 2 saturated heterocycles. The van der Waals surface area contributed by atoms with Crippen molar-refractivity contribution >= 4 is 46.3 Å². The van der Waals surface area contributed by atoms with Crippen LogP contribution in [0.25, 0.3) is 6.08 Å². The van der Waals surface area contributed by atoms with Crippen molar-refractivity contribution in [3.8, 4) is 0 Å². The van der Waals surface area contributed by atoms with Gasteiger partial charge in [0.25, 0.3) is 5.91 Å². The van der Waals surface area contributed by atoms with E-state index in [-0.39, 0.29) is 11.5 Å². The van der Waals surface area contributed by atoms with Gasteiger partial charge in [0.1, 0.15) is 0 Å². The van der Waals surface area contributed by atoms with Crippen molar-refractivity contribution in [1.82, 2.24) is 4.90 Å². The highest BCUT2D eigenvalue weighted by Gasteiger charge is 2.30. The van der Waals surface area contributed by atoms with Crippen molar-refractivity contribution in [2.24, 2.45) is 4.99 Å². The second kappa shape index (κ2) is 8.75. The number of rotatable bonds is 4. The number of hydrogen-bond acceptors (Lipinski definition) is 5. The first-order valence-electron chi connectivity index (χ1n) is 9.96. The summed E-state index contributed by atoms with van der Waals surface area (Å²) in [7, 11) is 1.69. The Morgan fingerprint density at radius 1 is 1.03 bits per heavy atom. The van der Waals surface area contributed by atoms with Crippen LogP contribution in [0.2, 0.25) is 0 Å². The molecule has 1 N–H and O–H groups in total. The van der Waals surface area contributed by atoms with Crippen LogP contribution in [0.4, 0.5) is 11.4 Å². The van der Waals surface area contributed by atoms with Crippen molar-refractivity contribution in [2.45, 2.75) is 19.3 Å². The van der Waals surface area contributed by atoms with Crippen LogP contribution in [0, 0.1) is 0 Å². The number of amidine groups is 1. The standard InChI is InChI=1S/C23H23N3O3S/c1-25-21(27)20(30-23(25)24-18-9-7-17(8-10-18)22(28)29)15-16-5-11-19(12-6-16)26-13-3-2-4-14-26/h5-12,15H,2-4,13-14H2,1H3,(H,28,29)/b20-15-,24-23?. The first kappa shape index (κ1) is 20.2. The molecule has 2 aromatic rings. The molecular weight excluding hydrogens is 398 g/mol. The van der Waals surface area contributed by atoms with Gasteiger partial charge in [0, 0.05) is 25.8 Å². The molecule has 2 aliphatic rings. The van der Waals surface area contributed by atoms with E-state index < -0.39 is 5.97 Å². The van der Waals surface area contributed by atoms with Gasteiger partial charge in [0.15, 0.2) is 5.17 Å².